The van der Waals surface area contributed by atoms with Crippen LogP contribution in [0.2, 0.25) is 0 Å². The monoisotopic (exact) mass is 262 g/mol. The fourth-order valence-corrected chi connectivity index (χ4v) is 2.07. The van der Waals surface area contributed by atoms with E-state index in [1.165, 1.54) is 17.4 Å². The summed E-state index contributed by atoms with van der Waals surface area (Å²) >= 11 is 6.69. The largest absolute Gasteiger partial charge is 0.478 e. The second-order valence-electron chi connectivity index (χ2n) is 3.12. The van der Waals surface area contributed by atoms with Crippen LogP contribution in [0, 0.1) is 0 Å². The van der Waals surface area contributed by atoms with E-state index in [0.29, 0.717) is 10.4 Å². The van der Waals surface area contributed by atoms with Gasteiger partial charge < -0.3 is 15.3 Å². The first-order valence-corrected chi connectivity index (χ1v) is 5.87. The maximum absolute atomic E-state index is 10.3. The summed E-state index contributed by atoms with van der Waals surface area (Å²) in [5, 5.41) is 29.0. The molecule has 0 fully saturated rings. The number of halogens is 1. The number of aliphatic hydroxyl groups is 2. The number of carboxylic acids is 1. The van der Waals surface area contributed by atoms with Crippen molar-refractivity contribution in [2.75, 3.05) is 5.88 Å². The number of carboxylic acid groups (broad SMARTS) is 1. The molecule has 0 aliphatic heterocycles. The van der Waals surface area contributed by atoms with Gasteiger partial charge in [-0.05, 0) is 23.1 Å². The van der Waals surface area contributed by atoms with Crippen molar-refractivity contribution in [1.82, 2.24) is 0 Å². The van der Waals surface area contributed by atoms with Crippen LogP contribution in [0.5, 0.6) is 0 Å². The molecular formula is C10H11ClO4S. The molecule has 6 heteroatoms. The summed E-state index contributed by atoms with van der Waals surface area (Å²) in [4.78, 5) is 11.0. The van der Waals surface area contributed by atoms with Crippen LogP contribution in [0.25, 0.3) is 6.08 Å². The fourth-order valence-electron chi connectivity index (χ4n) is 1.07. The van der Waals surface area contributed by atoms with Crippen LogP contribution in [0.1, 0.15) is 16.5 Å². The quantitative estimate of drug-likeness (QED) is 0.555. The number of alkyl halides is 1. The third-order valence-corrected chi connectivity index (χ3v) is 3.13. The SMILES string of the molecule is O=C(O)/C=C/c1cc(C(O)C(O)CCl)cs1. The van der Waals surface area contributed by atoms with Crippen molar-refractivity contribution in [2.45, 2.75) is 12.2 Å². The Bertz CT molecular complexity index is 388. The molecule has 1 heterocycles. The highest BCUT2D eigenvalue weighted by Gasteiger charge is 2.18. The molecule has 0 aromatic carbocycles. The minimum Gasteiger partial charge on any atom is -0.478 e. The van der Waals surface area contributed by atoms with Crippen molar-refractivity contribution in [2.24, 2.45) is 0 Å². The van der Waals surface area contributed by atoms with Crippen LogP contribution in [0.4, 0.5) is 0 Å². The lowest BCUT2D eigenvalue weighted by Gasteiger charge is -2.13. The minimum absolute atomic E-state index is 0.0582. The second-order valence-corrected chi connectivity index (χ2v) is 4.37. The first-order valence-electron chi connectivity index (χ1n) is 4.46. The van der Waals surface area contributed by atoms with Crippen LogP contribution >= 0.6 is 22.9 Å². The topological polar surface area (TPSA) is 77.8 Å². The molecule has 1 aromatic rings. The zero-order chi connectivity index (χ0) is 12.1. The van der Waals surface area contributed by atoms with Gasteiger partial charge in [-0.15, -0.1) is 22.9 Å². The fraction of sp³-hybridized carbons (Fsp3) is 0.300. The van der Waals surface area contributed by atoms with Gasteiger partial charge in [0.05, 0.1) is 12.0 Å². The molecule has 0 aliphatic carbocycles. The van der Waals surface area contributed by atoms with Gasteiger partial charge in [-0.2, -0.15) is 0 Å². The third kappa shape index (κ3) is 3.61. The molecule has 0 aliphatic rings. The Kier molecular flexibility index (Phi) is 4.95. The zero-order valence-corrected chi connectivity index (χ0v) is 9.78. The highest BCUT2D eigenvalue weighted by molar-refractivity contribution is 7.11. The summed E-state index contributed by atoms with van der Waals surface area (Å²) in [5.41, 5.74) is 0.531. The Morgan fingerprint density at radius 1 is 1.56 bits per heavy atom. The van der Waals surface area contributed by atoms with Crippen LogP contribution in [0.3, 0.4) is 0 Å². The van der Waals surface area contributed by atoms with Crippen molar-refractivity contribution in [1.29, 1.82) is 0 Å². The standard InChI is InChI=1S/C10H11ClO4S/c11-4-8(12)10(15)6-3-7(16-5-6)1-2-9(13)14/h1-3,5,8,10,12,15H,4H2,(H,13,14)/b2-1+. The molecular weight excluding hydrogens is 252 g/mol. The number of carbonyl (C=O) groups is 1. The van der Waals surface area contributed by atoms with Gasteiger partial charge in [0, 0.05) is 11.0 Å². The molecule has 88 valence electrons. The zero-order valence-electron chi connectivity index (χ0n) is 8.21. The van der Waals surface area contributed by atoms with E-state index in [2.05, 4.69) is 0 Å². The van der Waals surface area contributed by atoms with Crippen molar-refractivity contribution in [3.05, 3.63) is 28.0 Å². The molecule has 16 heavy (non-hydrogen) atoms. The molecule has 0 bridgehead atoms. The van der Waals surface area contributed by atoms with Gasteiger partial charge in [0.15, 0.2) is 0 Å². The normalized spacial score (nSPS) is 15.2. The Morgan fingerprint density at radius 2 is 2.25 bits per heavy atom. The maximum atomic E-state index is 10.3. The molecule has 0 radical (unpaired) electrons. The number of rotatable bonds is 5. The van der Waals surface area contributed by atoms with Crippen molar-refractivity contribution < 1.29 is 20.1 Å². The summed E-state index contributed by atoms with van der Waals surface area (Å²) in [6, 6.07) is 1.62. The smallest absolute Gasteiger partial charge is 0.328 e. The van der Waals surface area contributed by atoms with Gasteiger partial charge >= 0.3 is 5.97 Å². The average molecular weight is 263 g/mol. The Balaban J connectivity index is 2.74. The molecule has 0 amide bonds. The summed E-state index contributed by atoms with van der Waals surface area (Å²) in [6.07, 6.45) is 0.379. The van der Waals surface area contributed by atoms with Gasteiger partial charge in [-0.25, -0.2) is 4.79 Å². The van der Waals surface area contributed by atoms with Crippen LogP contribution in [-0.4, -0.2) is 33.3 Å². The number of thiophene rings is 1. The van der Waals surface area contributed by atoms with E-state index < -0.39 is 18.2 Å². The average Bonchev–Trinajstić information content (AvgIpc) is 2.72. The molecule has 2 unspecified atom stereocenters. The first-order chi connectivity index (χ1) is 7.54. The van der Waals surface area contributed by atoms with Gasteiger partial charge in [0.25, 0.3) is 0 Å². The van der Waals surface area contributed by atoms with E-state index in [0.717, 1.165) is 6.08 Å². The van der Waals surface area contributed by atoms with Gasteiger partial charge in [0.1, 0.15) is 6.10 Å². The Labute approximate surface area is 101 Å². The number of aliphatic hydroxyl groups excluding tert-OH is 2. The van der Waals surface area contributed by atoms with E-state index in [4.69, 9.17) is 16.7 Å². The number of hydrogen-bond acceptors (Lipinski definition) is 4. The van der Waals surface area contributed by atoms with E-state index >= 15 is 0 Å². The second kappa shape index (κ2) is 6.00. The van der Waals surface area contributed by atoms with Gasteiger partial charge in [-0.3, -0.25) is 0 Å². The van der Waals surface area contributed by atoms with E-state index in [1.54, 1.807) is 11.4 Å². The molecule has 1 aromatic heterocycles. The third-order valence-electron chi connectivity index (χ3n) is 1.89. The van der Waals surface area contributed by atoms with Crippen molar-refractivity contribution in [3.63, 3.8) is 0 Å². The molecule has 2 atom stereocenters. The van der Waals surface area contributed by atoms with Crippen LogP contribution in [-0.2, 0) is 4.79 Å². The lowest BCUT2D eigenvalue weighted by molar-refractivity contribution is -0.131. The van der Waals surface area contributed by atoms with Gasteiger partial charge in [-0.1, -0.05) is 0 Å². The van der Waals surface area contributed by atoms with Crippen LogP contribution in [0.15, 0.2) is 17.5 Å². The van der Waals surface area contributed by atoms with E-state index in [-0.39, 0.29) is 5.88 Å². The summed E-state index contributed by atoms with van der Waals surface area (Å²) in [5.74, 6) is -1.09. The van der Waals surface area contributed by atoms with Crippen LogP contribution < -0.4 is 0 Å². The van der Waals surface area contributed by atoms with Crippen molar-refractivity contribution in [3.8, 4) is 0 Å². The lowest BCUT2D eigenvalue weighted by Crippen LogP contribution is -2.18. The minimum atomic E-state index is -1.04. The number of hydrogen-bond donors (Lipinski definition) is 3. The summed E-state index contributed by atoms with van der Waals surface area (Å²) in [7, 11) is 0. The maximum Gasteiger partial charge on any atom is 0.328 e. The highest BCUT2D eigenvalue weighted by Crippen LogP contribution is 2.24. The first kappa shape index (κ1) is 13.2. The molecule has 1 rings (SSSR count). The molecule has 0 saturated carbocycles. The highest BCUT2D eigenvalue weighted by atomic mass is 35.5. The molecule has 0 saturated heterocycles. The predicted molar refractivity (Wildman–Crippen MR) is 62.7 cm³/mol. The van der Waals surface area contributed by atoms with E-state index in [1.807, 2.05) is 0 Å². The number of aliphatic carboxylic acids is 1. The molecule has 0 spiro atoms. The molecule has 4 nitrogen and oxygen atoms in total. The Morgan fingerprint density at radius 3 is 2.81 bits per heavy atom. The predicted octanol–water partition coefficient (Wildman–Crippen LogP) is 1.48. The van der Waals surface area contributed by atoms with Crippen molar-refractivity contribution >= 4 is 35.0 Å². The lowest BCUT2D eigenvalue weighted by atomic mass is 10.1. The molecule has 3 N–H and O–H groups in total. The summed E-state index contributed by atoms with van der Waals surface area (Å²) in [6.45, 7) is 0. The van der Waals surface area contributed by atoms with E-state index in [9.17, 15) is 15.0 Å². The summed E-state index contributed by atoms with van der Waals surface area (Å²) < 4.78 is 0. The Hall–Kier alpha value is -0.880. The van der Waals surface area contributed by atoms with Gasteiger partial charge in [0.2, 0.25) is 0 Å².